The molecule has 2 N–H and O–H groups in total. The first kappa shape index (κ1) is 9.77. The number of nitrogens with one attached hydrogen (secondary N) is 2. The number of rotatable bonds is 1. The van der Waals surface area contributed by atoms with Crippen LogP contribution in [0.4, 0.5) is 0 Å². The maximum atomic E-state index is 5.14. The van der Waals surface area contributed by atoms with Gasteiger partial charge in [-0.25, -0.2) is 0 Å². The lowest BCUT2D eigenvalue weighted by Crippen LogP contribution is -2.47. The molecule has 1 fully saturated rings. The van der Waals surface area contributed by atoms with Crippen LogP contribution in [0, 0.1) is 12.3 Å². The van der Waals surface area contributed by atoms with E-state index in [9.17, 15) is 0 Å². The first-order valence-corrected chi connectivity index (χ1v) is 3.31. The van der Waals surface area contributed by atoms with Crippen molar-refractivity contribution in [2.45, 2.75) is 12.5 Å². The molecule has 58 valence electrons. The Hall–Kier alpha value is -0.230. The van der Waals surface area contributed by atoms with Crippen molar-refractivity contribution in [3.8, 4) is 12.3 Å². The Morgan fingerprint density at radius 2 is 2.30 bits per heavy atom. The van der Waals surface area contributed by atoms with E-state index in [1.165, 1.54) is 0 Å². The normalized spacial score (nSPS) is 24.5. The van der Waals surface area contributed by atoms with Crippen molar-refractivity contribution in [2.24, 2.45) is 0 Å². The highest BCUT2D eigenvalue weighted by molar-refractivity contribution is 5.85. The minimum absolute atomic E-state index is 0. The van der Waals surface area contributed by atoms with Crippen molar-refractivity contribution in [3.05, 3.63) is 0 Å². The van der Waals surface area contributed by atoms with Crippen LogP contribution in [-0.4, -0.2) is 25.7 Å². The second kappa shape index (κ2) is 5.55. The highest BCUT2D eigenvalue weighted by atomic mass is 35.5. The van der Waals surface area contributed by atoms with Crippen molar-refractivity contribution in [1.29, 1.82) is 0 Å². The molecule has 0 spiro atoms. The zero-order valence-electron chi connectivity index (χ0n) is 5.89. The molecule has 1 saturated heterocycles. The third-order valence-corrected chi connectivity index (χ3v) is 1.49. The average molecular weight is 161 g/mol. The molecule has 1 aliphatic heterocycles. The third-order valence-electron chi connectivity index (χ3n) is 1.49. The van der Waals surface area contributed by atoms with E-state index in [2.05, 4.69) is 16.6 Å². The molecule has 0 aliphatic carbocycles. The van der Waals surface area contributed by atoms with Crippen LogP contribution in [0.25, 0.3) is 0 Å². The van der Waals surface area contributed by atoms with E-state index in [0.717, 1.165) is 26.1 Å². The molecule has 0 saturated carbocycles. The van der Waals surface area contributed by atoms with E-state index >= 15 is 0 Å². The fraction of sp³-hybridized carbons (Fsp3) is 0.714. The molecular formula is C7H13ClN2. The topological polar surface area (TPSA) is 24.1 Å². The number of halogens is 1. The van der Waals surface area contributed by atoms with Gasteiger partial charge in [-0.3, -0.25) is 0 Å². The molecular weight excluding hydrogens is 148 g/mol. The van der Waals surface area contributed by atoms with E-state index < -0.39 is 0 Å². The lowest BCUT2D eigenvalue weighted by atomic mass is 10.2. The Labute approximate surface area is 68.2 Å². The van der Waals surface area contributed by atoms with Gasteiger partial charge in [-0.2, -0.15) is 0 Å². The molecule has 0 unspecified atom stereocenters. The molecule has 1 rings (SSSR count). The SMILES string of the molecule is C#CC[C@H]1CNCCN1.Cl. The fourth-order valence-corrected chi connectivity index (χ4v) is 1.000. The summed E-state index contributed by atoms with van der Waals surface area (Å²) >= 11 is 0. The smallest absolute Gasteiger partial charge is 0.0302 e. The van der Waals surface area contributed by atoms with Crippen LogP contribution < -0.4 is 10.6 Å². The summed E-state index contributed by atoms with van der Waals surface area (Å²) < 4.78 is 0. The number of hydrogen-bond donors (Lipinski definition) is 2. The van der Waals surface area contributed by atoms with Gasteiger partial charge in [0.05, 0.1) is 0 Å². The summed E-state index contributed by atoms with van der Waals surface area (Å²) in [6.07, 6.45) is 5.98. The summed E-state index contributed by atoms with van der Waals surface area (Å²) in [4.78, 5) is 0. The van der Waals surface area contributed by atoms with Crippen LogP contribution in [0.5, 0.6) is 0 Å². The van der Waals surface area contributed by atoms with Gasteiger partial charge in [0.1, 0.15) is 0 Å². The molecule has 0 aromatic carbocycles. The monoisotopic (exact) mass is 160 g/mol. The van der Waals surface area contributed by atoms with E-state index in [0.29, 0.717) is 6.04 Å². The van der Waals surface area contributed by atoms with Gasteiger partial charge in [-0.1, -0.05) is 0 Å². The van der Waals surface area contributed by atoms with Crippen LogP contribution in [-0.2, 0) is 0 Å². The van der Waals surface area contributed by atoms with E-state index in [4.69, 9.17) is 6.42 Å². The van der Waals surface area contributed by atoms with Gasteiger partial charge >= 0.3 is 0 Å². The Morgan fingerprint density at radius 3 is 2.80 bits per heavy atom. The van der Waals surface area contributed by atoms with Crippen molar-refractivity contribution < 1.29 is 0 Å². The molecule has 1 heterocycles. The van der Waals surface area contributed by atoms with E-state index in [1.807, 2.05) is 0 Å². The fourth-order valence-electron chi connectivity index (χ4n) is 1.000. The highest BCUT2D eigenvalue weighted by Gasteiger charge is 2.08. The second-order valence-corrected chi connectivity index (χ2v) is 2.26. The van der Waals surface area contributed by atoms with Crippen LogP contribution in [0.3, 0.4) is 0 Å². The molecule has 0 bridgehead atoms. The van der Waals surface area contributed by atoms with Crippen molar-refractivity contribution >= 4 is 12.4 Å². The van der Waals surface area contributed by atoms with Crippen LogP contribution in [0.15, 0.2) is 0 Å². The Kier molecular flexibility index (Phi) is 5.42. The Bertz CT molecular complexity index is 113. The summed E-state index contributed by atoms with van der Waals surface area (Å²) in [6, 6.07) is 0.503. The van der Waals surface area contributed by atoms with Gasteiger partial charge in [0.15, 0.2) is 0 Å². The standard InChI is InChI=1S/C7H12N2.ClH/c1-2-3-7-6-8-4-5-9-7;/h1,7-9H,3-6H2;1H/t7-;/m0./s1. The summed E-state index contributed by atoms with van der Waals surface area (Å²) in [5.74, 6) is 2.63. The quantitative estimate of drug-likeness (QED) is 0.528. The molecule has 0 radical (unpaired) electrons. The zero-order valence-corrected chi connectivity index (χ0v) is 6.71. The zero-order chi connectivity index (χ0) is 6.53. The molecule has 0 amide bonds. The summed E-state index contributed by atoms with van der Waals surface area (Å²) in [7, 11) is 0. The molecule has 2 nitrogen and oxygen atoms in total. The van der Waals surface area contributed by atoms with Crippen molar-refractivity contribution in [1.82, 2.24) is 10.6 Å². The van der Waals surface area contributed by atoms with Crippen LogP contribution in [0.2, 0.25) is 0 Å². The minimum Gasteiger partial charge on any atom is -0.314 e. The van der Waals surface area contributed by atoms with Crippen LogP contribution >= 0.6 is 12.4 Å². The molecule has 10 heavy (non-hydrogen) atoms. The Morgan fingerprint density at radius 1 is 1.50 bits per heavy atom. The maximum absolute atomic E-state index is 5.14. The van der Waals surface area contributed by atoms with Gasteiger partial charge in [0.25, 0.3) is 0 Å². The van der Waals surface area contributed by atoms with Gasteiger partial charge in [-0.15, -0.1) is 24.8 Å². The Balaban J connectivity index is 0.000000810. The summed E-state index contributed by atoms with van der Waals surface area (Å²) in [6.45, 7) is 3.14. The number of hydrogen-bond acceptors (Lipinski definition) is 2. The first-order chi connectivity index (χ1) is 4.43. The van der Waals surface area contributed by atoms with Crippen LogP contribution in [0.1, 0.15) is 6.42 Å². The largest absolute Gasteiger partial charge is 0.314 e. The first-order valence-electron chi connectivity index (χ1n) is 3.31. The third kappa shape index (κ3) is 3.07. The van der Waals surface area contributed by atoms with E-state index in [1.54, 1.807) is 0 Å². The van der Waals surface area contributed by atoms with Gasteiger partial charge < -0.3 is 10.6 Å². The van der Waals surface area contributed by atoms with Gasteiger partial charge in [0, 0.05) is 32.1 Å². The summed E-state index contributed by atoms with van der Waals surface area (Å²) in [5, 5.41) is 6.58. The molecule has 3 heteroatoms. The maximum Gasteiger partial charge on any atom is 0.0302 e. The van der Waals surface area contributed by atoms with Crippen molar-refractivity contribution in [2.75, 3.05) is 19.6 Å². The second-order valence-electron chi connectivity index (χ2n) is 2.26. The van der Waals surface area contributed by atoms with Gasteiger partial charge in [0.2, 0.25) is 0 Å². The molecule has 1 atom stereocenters. The molecule has 0 aromatic rings. The average Bonchev–Trinajstić information content (AvgIpc) is 1.91. The van der Waals surface area contributed by atoms with E-state index in [-0.39, 0.29) is 12.4 Å². The van der Waals surface area contributed by atoms with Gasteiger partial charge in [-0.05, 0) is 0 Å². The number of terminal acetylenes is 1. The number of piperazine rings is 1. The predicted molar refractivity (Wildman–Crippen MR) is 45.4 cm³/mol. The highest BCUT2D eigenvalue weighted by Crippen LogP contribution is 1.90. The predicted octanol–water partition coefficient (Wildman–Crippen LogP) is -0.00710. The lowest BCUT2D eigenvalue weighted by Gasteiger charge is -2.22. The molecule has 1 aliphatic rings. The minimum atomic E-state index is 0. The molecule has 0 aromatic heterocycles. The summed E-state index contributed by atoms with van der Waals surface area (Å²) in [5.41, 5.74) is 0. The van der Waals surface area contributed by atoms with Crippen molar-refractivity contribution in [3.63, 3.8) is 0 Å². The lowest BCUT2D eigenvalue weighted by molar-refractivity contribution is 0.424.